The third-order valence-corrected chi connectivity index (χ3v) is 7.50. The maximum absolute atomic E-state index is 12.9. The second kappa shape index (κ2) is 8.44. The summed E-state index contributed by atoms with van der Waals surface area (Å²) in [5.41, 5.74) is 1.59. The van der Waals surface area contributed by atoms with Crippen LogP contribution in [0.5, 0.6) is 11.5 Å². The Morgan fingerprint density at radius 3 is 2.53 bits per heavy atom. The van der Waals surface area contributed by atoms with Crippen molar-refractivity contribution in [1.29, 1.82) is 0 Å². The van der Waals surface area contributed by atoms with Gasteiger partial charge in [0, 0.05) is 44.5 Å². The Kier molecular flexibility index (Phi) is 5.83. The van der Waals surface area contributed by atoms with Gasteiger partial charge in [0.05, 0.1) is 10.8 Å². The molecule has 2 amide bonds. The maximum atomic E-state index is 12.9. The number of amides is 2. The second-order valence-electron chi connectivity index (χ2n) is 7.99. The fourth-order valence-corrected chi connectivity index (χ4v) is 4.87. The molecular formula is C22H25N3O6S. The lowest BCUT2D eigenvalue weighted by Gasteiger charge is -2.22. The Hall–Kier alpha value is -3.11. The quantitative estimate of drug-likeness (QED) is 0.733. The normalized spacial score (nSPS) is 18.2. The summed E-state index contributed by atoms with van der Waals surface area (Å²) < 4.78 is 37.3. The fourth-order valence-electron chi connectivity index (χ4n) is 3.73. The molecule has 2 aromatic rings. The van der Waals surface area contributed by atoms with E-state index < -0.39 is 15.9 Å². The highest BCUT2D eigenvalue weighted by Gasteiger charge is 2.36. The minimum absolute atomic E-state index is 0.0645. The number of fused-ring (bicyclic) bond motifs is 1. The van der Waals surface area contributed by atoms with Crippen molar-refractivity contribution in [3.05, 3.63) is 42.0 Å². The fraction of sp³-hybridized carbons (Fsp3) is 0.364. The summed E-state index contributed by atoms with van der Waals surface area (Å²) >= 11 is 0. The van der Waals surface area contributed by atoms with E-state index in [9.17, 15) is 18.0 Å². The standard InChI is InChI=1S/C22H25N3O6S/c1-14-4-5-16(11-20(14)32(28,29)24(2)3)23-22(27)15-10-21(26)25(13-15)17-6-7-18-19(12-17)31-9-8-30-18/h4-7,11-12,15H,8-10,13H2,1-3H3,(H,23,27)/t15-/m1/s1. The maximum Gasteiger partial charge on any atom is 0.242 e. The Balaban J connectivity index is 1.49. The molecule has 2 aliphatic rings. The van der Waals surface area contributed by atoms with Gasteiger partial charge in [-0.25, -0.2) is 12.7 Å². The Morgan fingerprint density at radius 2 is 1.81 bits per heavy atom. The molecule has 2 aliphatic heterocycles. The predicted molar refractivity (Wildman–Crippen MR) is 119 cm³/mol. The van der Waals surface area contributed by atoms with Crippen LogP contribution < -0.4 is 19.7 Å². The zero-order valence-electron chi connectivity index (χ0n) is 18.1. The number of ether oxygens (including phenoxy) is 2. The van der Waals surface area contributed by atoms with Gasteiger partial charge in [-0.3, -0.25) is 9.59 Å². The highest BCUT2D eigenvalue weighted by Crippen LogP contribution is 2.36. The van der Waals surface area contributed by atoms with Crippen LogP contribution in [-0.4, -0.2) is 58.4 Å². The molecule has 0 aromatic heterocycles. The molecule has 1 N–H and O–H groups in total. The summed E-state index contributed by atoms with van der Waals surface area (Å²) in [6.45, 7) is 2.84. The van der Waals surface area contributed by atoms with Gasteiger partial charge in [0.25, 0.3) is 0 Å². The summed E-state index contributed by atoms with van der Waals surface area (Å²) in [4.78, 5) is 27.1. The summed E-state index contributed by atoms with van der Waals surface area (Å²) in [5, 5.41) is 2.76. The summed E-state index contributed by atoms with van der Waals surface area (Å²) in [7, 11) is -0.739. The lowest BCUT2D eigenvalue weighted by atomic mass is 10.1. The van der Waals surface area contributed by atoms with E-state index in [0.717, 1.165) is 4.31 Å². The number of nitrogens with one attached hydrogen (secondary N) is 1. The minimum Gasteiger partial charge on any atom is -0.486 e. The number of hydrogen-bond donors (Lipinski definition) is 1. The lowest BCUT2D eigenvalue weighted by molar-refractivity contribution is -0.122. The van der Waals surface area contributed by atoms with Gasteiger partial charge in [0.2, 0.25) is 21.8 Å². The van der Waals surface area contributed by atoms with Gasteiger partial charge in [-0.15, -0.1) is 0 Å². The monoisotopic (exact) mass is 459 g/mol. The third-order valence-electron chi connectivity index (χ3n) is 5.55. The molecule has 9 nitrogen and oxygen atoms in total. The number of benzene rings is 2. The van der Waals surface area contributed by atoms with Crippen LogP contribution in [0.4, 0.5) is 11.4 Å². The number of nitrogens with zero attached hydrogens (tertiary/aromatic N) is 2. The number of hydrogen-bond acceptors (Lipinski definition) is 6. The van der Waals surface area contributed by atoms with E-state index in [0.29, 0.717) is 41.7 Å². The molecular weight excluding hydrogens is 434 g/mol. The van der Waals surface area contributed by atoms with E-state index >= 15 is 0 Å². The molecule has 1 atom stereocenters. The topological polar surface area (TPSA) is 105 Å². The molecule has 0 spiro atoms. The number of carbonyl (C=O) groups is 2. The molecule has 2 aromatic carbocycles. The summed E-state index contributed by atoms with van der Waals surface area (Å²) in [5.74, 6) is 0.135. The Morgan fingerprint density at radius 1 is 1.09 bits per heavy atom. The van der Waals surface area contributed by atoms with Crippen molar-refractivity contribution >= 4 is 33.2 Å². The van der Waals surface area contributed by atoms with Crippen LogP contribution in [0.15, 0.2) is 41.3 Å². The molecule has 10 heteroatoms. The van der Waals surface area contributed by atoms with E-state index in [1.807, 2.05) is 0 Å². The number of sulfonamides is 1. The van der Waals surface area contributed by atoms with E-state index in [1.54, 1.807) is 42.2 Å². The van der Waals surface area contributed by atoms with E-state index in [-0.39, 0.29) is 29.7 Å². The molecule has 0 radical (unpaired) electrons. The van der Waals surface area contributed by atoms with Crippen LogP contribution in [0.3, 0.4) is 0 Å². The first kappa shape index (κ1) is 22.1. The summed E-state index contributed by atoms with van der Waals surface area (Å²) in [6.07, 6.45) is 0.0645. The van der Waals surface area contributed by atoms with Gasteiger partial charge in [-0.2, -0.15) is 0 Å². The van der Waals surface area contributed by atoms with Gasteiger partial charge in [-0.1, -0.05) is 6.07 Å². The molecule has 1 saturated heterocycles. The van der Waals surface area contributed by atoms with Gasteiger partial charge < -0.3 is 19.7 Å². The van der Waals surface area contributed by atoms with Crippen molar-refractivity contribution in [3.63, 3.8) is 0 Å². The van der Waals surface area contributed by atoms with Gasteiger partial charge in [0.1, 0.15) is 13.2 Å². The smallest absolute Gasteiger partial charge is 0.242 e. The number of carbonyl (C=O) groups excluding carboxylic acids is 2. The van der Waals surface area contributed by atoms with Gasteiger partial charge >= 0.3 is 0 Å². The SMILES string of the molecule is Cc1ccc(NC(=O)[C@@H]2CC(=O)N(c3ccc4c(c3)OCCO4)C2)cc1S(=O)(=O)N(C)C. The first-order valence-electron chi connectivity index (χ1n) is 10.2. The molecule has 0 unspecified atom stereocenters. The van der Waals surface area contributed by atoms with Crippen molar-refractivity contribution in [2.75, 3.05) is 44.1 Å². The molecule has 4 rings (SSSR count). The molecule has 0 saturated carbocycles. The molecule has 1 fully saturated rings. The average molecular weight is 460 g/mol. The van der Waals surface area contributed by atoms with Crippen molar-refractivity contribution < 1.29 is 27.5 Å². The van der Waals surface area contributed by atoms with E-state index in [1.165, 1.54) is 20.2 Å². The zero-order valence-corrected chi connectivity index (χ0v) is 18.9. The highest BCUT2D eigenvalue weighted by molar-refractivity contribution is 7.89. The number of aryl methyl sites for hydroxylation is 1. The first-order valence-corrected chi connectivity index (χ1v) is 11.6. The van der Waals surface area contributed by atoms with Crippen LogP contribution in [0.1, 0.15) is 12.0 Å². The molecule has 0 aliphatic carbocycles. The molecule has 0 bridgehead atoms. The second-order valence-corrected chi connectivity index (χ2v) is 10.1. The van der Waals surface area contributed by atoms with Crippen molar-refractivity contribution in [3.8, 4) is 11.5 Å². The number of anilines is 2. The van der Waals surface area contributed by atoms with Gasteiger partial charge in [-0.05, 0) is 36.8 Å². The Bertz CT molecular complexity index is 1180. The van der Waals surface area contributed by atoms with E-state index in [4.69, 9.17) is 9.47 Å². The Labute approximate surface area is 187 Å². The number of rotatable bonds is 5. The van der Waals surface area contributed by atoms with E-state index in [2.05, 4.69) is 5.32 Å². The first-order chi connectivity index (χ1) is 15.2. The average Bonchev–Trinajstić information content (AvgIpc) is 3.16. The zero-order chi connectivity index (χ0) is 23.0. The van der Waals surface area contributed by atoms with Crippen LogP contribution in [-0.2, 0) is 19.6 Å². The largest absolute Gasteiger partial charge is 0.486 e. The predicted octanol–water partition coefficient (Wildman–Crippen LogP) is 2.01. The van der Waals surface area contributed by atoms with Crippen LogP contribution in [0, 0.1) is 12.8 Å². The minimum atomic E-state index is -3.65. The highest BCUT2D eigenvalue weighted by atomic mass is 32.2. The van der Waals surface area contributed by atoms with Crippen molar-refractivity contribution in [2.24, 2.45) is 5.92 Å². The van der Waals surface area contributed by atoms with Gasteiger partial charge in [0.15, 0.2) is 11.5 Å². The lowest BCUT2D eigenvalue weighted by Crippen LogP contribution is -2.28. The van der Waals surface area contributed by atoms with Crippen LogP contribution in [0.2, 0.25) is 0 Å². The molecule has 170 valence electrons. The van der Waals surface area contributed by atoms with Crippen LogP contribution >= 0.6 is 0 Å². The summed E-state index contributed by atoms with van der Waals surface area (Å²) in [6, 6.07) is 10.0. The van der Waals surface area contributed by atoms with Crippen LogP contribution in [0.25, 0.3) is 0 Å². The van der Waals surface area contributed by atoms with Crippen molar-refractivity contribution in [2.45, 2.75) is 18.2 Å². The molecule has 32 heavy (non-hydrogen) atoms. The molecule has 2 heterocycles. The van der Waals surface area contributed by atoms with Crippen molar-refractivity contribution in [1.82, 2.24) is 4.31 Å². The third kappa shape index (κ3) is 4.15.